The highest BCUT2D eigenvalue weighted by Crippen LogP contribution is 2.00. The van der Waals surface area contributed by atoms with Crippen molar-refractivity contribution in [1.29, 1.82) is 0 Å². The van der Waals surface area contributed by atoms with Gasteiger partial charge >= 0.3 is 5.97 Å². The summed E-state index contributed by atoms with van der Waals surface area (Å²) in [4.78, 5) is 10.5. The SMILES string of the molecule is C=CC(=O)OC(C)CCP. The van der Waals surface area contributed by atoms with Gasteiger partial charge in [-0.05, 0) is 19.5 Å². The zero-order valence-corrected chi connectivity index (χ0v) is 7.32. The highest BCUT2D eigenvalue weighted by Gasteiger charge is 2.03. The first-order valence-corrected chi connectivity index (χ1v) is 4.05. The number of ether oxygens (including phenoxy) is 1. The van der Waals surface area contributed by atoms with Crippen LogP contribution in [0.25, 0.3) is 0 Å². The third-order valence-corrected chi connectivity index (χ3v) is 1.39. The van der Waals surface area contributed by atoms with Crippen LogP contribution in [0.2, 0.25) is 0 Å². The van der Waals surface area contributed by atoms with Crippen LogP contribution in [-0.4, -0.2) is 18.2 Å². The second kappa shape index (κ2) is 5.43. The summed E-state index contributed by atoms with van der Waals surface area (Å²) in [6.07, 6.45) is 3.01. The van der Waals surface area contributed by atoms with E-state index < -0.39 is 0 Å². The van der Waals surface area contributed by atoms with Crippen LogP contribution < -0.4 is 0 Å². The third-order valence-electron chi connectivity index (χ3n) is 1.06. The Bertz CT molecular complexity index is 123. The molecule has 0 aliphatic heterocycles. The Morgan fingerprint density at radius 1 is 1.90 bits per heavy atom. The van der Waals surface area contributed by atoms with Gasteiger partial charge in [-0.1, -0.05) is 6.58 Å². The van der Waals surface area contributed by atoms with Gasteiger partial charge in [-0.15, -0.1) is 9.24 Å². The minimum atomic E-state index is -0.342. The highest BCUT2D eigenvalue weighted by molar-refractivity contribution is 7.16. The van der Waals surface area contributed by atoms with E-state index in [1.165, 1.54) is 6.08 Å². The van der Waals surface area contributed by atoms with E-state index in [1.807, 2.05) is 6.92 Å². The Morgan fingerprint density at radius 3 is 2.90 bits per heavy atom. The molecule has 0 heterocycles. The van der Waals surface area contributed by atoms with Gasteiger partial charge in [0.1, 0.15) is 0 Å². The predicted molar refractivity (Wildman–Crippen MR) is 44.9 cm³/mol. The van der Waals surface area contributed by atoms with E-state index >= 15 is 0 Å². The summed E-state index contributed by atoms with van der Waals surface area (Å²) >= 11 is 0. The predicted octanol–water partition coefficient (Wildman–Crippen LogP) is 1.37. The van der Waals surface area contributed by atoms with Crippen LogP contribution in [-0.2, 0) is 9.53 Å². The van der Waals surface area contributed by atoms with E-state index in [1.54, 1.807) is 0 Å². The summed E-state index contributed by atoms with van der Waals surface area (Å²) in [6, 6.07) is 0. The normalized spacial score (nSPS) is 12.2. The van der Waals surface area contributed by atoms with Gasteiger partial charge in [0.25, 0.3) is 0 Å². The molecule has 0 radical (unpaired) electrons. The van der Waals surface area contributed by atoms with Crippen LogP contribution in [0.3, 0.4) is 0 Å². The minimum Gasteiger partial charge on any atom is -0.460 e. The lowest BCUT2D eigenvalue weighted by atomic mass is 10.3. The molecule has 0 rings (SSSR count). The van der Waals surface area contributed by atoms with Crippen LogP contribution >= 0.6 is 9.24 Å². The first-order chi connectivity index (χ1) is 4.70. The molecule has 2 unspecified atom stereocenters. The zero-order chi connectivity index (χ0) is 7.98. The molecule has 0 aromatic carbocycles. The van der Waals surface area contributed by atoms with E-state index in [0.717, 1.165) is 12.6 Å². The maximum atomic E-state index is 10.5. The number of carbonyl (C=O) groups is 1. The fourth-order valence-electron chi connectivity index (χ4n) is 0.540. The van der Waals surface area contributed by atoms with Crippen molar-refractivity contribution in [3.63, 3.8) is 0 Å². The molecule has 0 saturated heterocycles. The van der Waals surface area contributed by atoms with E-state index in [2.05, 4.69) is 15.8 Å². The quantitative estimate of drug-likeness (QED) is 0.352. The van der Waals surface area contributed by atoms with Crippen molar-refractivity contribution in [3.05, 3.63) is 12.7 Å². The zero-order valence-electron chi connectivity index (χ0n) is 6.17. The molecule has 0 aromatic heterocycles. The summed E-state index contributed by atoms with van der Waals surface area (Å²) in [5.74, 6) is -0.342. The van der Waals surface area contributed by atoms with Gasteiger partial charge in [-0.25, -0.2) is 4.79 Å². The molecule has 0 aliphatic rings. The molecular formula is C7H13O2P. The second-order valence-electron chi connectivity index (χ2n) is 2.03. The lowest BCUT2D eigenvalue weighted by Crippen LogP contribution is -2.12. The summed E-state index contributed by atoms with van der Waals surface area (Å²) in [5.41, 5.74) is 0. The topological polar surface area (TPSA) is 26.3 Å². The van der Waals surface area contributed by atoms with Gasteiger partial charge in [0, 0.05) is 6.08 Å². The van der Waals surface area contributed by atoms with E-state index in [0.29, 0.717) is 0 Å². The molecule has 0 saturated carbocycles. The number of esters is 1. The van der Waals surface area contributed by atoms with Crippen LogP contribution in [0.4, 0.5) is 0 Å². The van der Waals surface area contributed by atoms with Crippen molar-refractivity contribution in [2.75, 3.05) is 6.16 Å². The molecule has 0 aliphatic carbocycles. The fraction of sp³-hybridized carbons (Fsp3) is 0.571. The molecule has 58 valence electrons. The molecule has 2 atom stereocenters. The Morgan fingerprint density at radius 2 is 2.50 bits per heavy atom. The largest absolute Gasteiger partial charge is 0.460 e. The molecule has 0 spiro atoms. The lowest BCUT2D eigenvalue weighted by molar-refractivity contribution is -0.142. The second-order valence-corrected chi connectivity index (χ2v) is 2.61. The van der Waals surface area contributed by atoms with Crippen molar-refractivity contribution in [1.82, 2.24) is 0 Å². The summed E-state index contributed by atoms with van der Waals surface area (Å²) < 4.78 is 4.87. The van der Waals surface area contributed by atoms with E-state index in [-0.39, 0.29) is 12.1 Å². The van der Waals surface area contributed by atoms with Crippen molar-refractivity contribution in [2.45, 2.75) is 19.4 Å². The highest BCUT2D eigenvalue weighted by atomic mass is 31.0. The third kappa shape index (κ3) is 4.51. The van der Waals surface area contributed by atoms with Crippen molar-refractivity contribution in [2.24, 2.45) is 0 Å². The van der Waals surface area contributed by atoms with Crippen molar-refractivity contribution < 1.29 is 9.53 Å². The van der Waals surface area contributed by atoms with Gasteiger partial charge in [0.2, 0.25) is 0 Å². The maximum Gasteiger partial charge on any atom is 0.330 e. The van der Waals surface area contributed by atoms with Gasteiger partial charge in [-0.2, -0.15) is 0 Å². The van der Waals surface area contributed by atoms with Crippen LogP contribution in [0.15, 0.2) is 12.7 Å². The average Bonchev–Trinajstić information content (AvgIpc) is 1.88. The van der Waals surface area contributed by atoms with Gasteiger partial charge < -0.3 is 4.74 Å². The van der Waals surface area contributed by atoms with E-state index in [9.17, 15) is 4.79 Å². The van der Waals surface area contributed by atoms with Crippen molar-refractivity contribution in [3.8, 4) is 0 Å². The first kappa shape index (κ1) is 9.64. The van der Waals surface area contributed by atoms with Crippen LogP contribution in [0.1, 0.15) is 13.3 Å². The minimum absolute atomic E-state index is 0.00278. The molecule has 0 aromatic rings. The van der Waals surface area contributed by atoms with Crippen molar-refractivity contribution >= 4 is 15.2 Å². The molecule has 2 nitrogen and oxygen atoms in total. The molecular weight excluding hydrogens is 147 g/mol. The molecule has 0 bridgehead atoms. The monoisotopic (exact) mass is 160 g/mol. The standard InChI is InChI=1S/C7H13O2P/c1-3-7(8)9-6(2)4-5-10/h3,6H,1,4-5,10H2,2H3. The molecule has 3 heteroatoms. The Balaban J connectivity index is 3.46. The Kier molecular flexibility index (Phi) is 5.23. The number of hydrogen-bond acceptors (Lipinski definition) is 2. The smallest absolute Gasteiger partial charge is 0.330 e. The Labute approximate surface area is 63.8 Å². The number of rotatable bonds is 4. The molecule has 0 fully saturated rings. The van der Waals surface area contributed by atoms with Crippen LogP contribution in [0, 0.1) is 0 Å². The molecule has 10 heavy (non-hydrogen) atoms. The molecule has 0 amide bonds. The van der Waals surface area contributed by atoms with Crippen LogP contribution in [0.5, 0.6) is 0 Å². The fourth-order valence-corrected chi connectivity index (χ4v) is 1.01. The number of hydrogen-bond donors (Lipinski definition) is 0. The summed E-state index contributed by atoms with van der Waals surface area (Å²) in [5, 5.41) is 0. The summed E-state index contributed by atoms with van der Waals surface area (Å²) in [6.45, 7) is 5.16. The number of carbonyl (C=O) groups excluding carboxylic acids is 1. The maximum absolute atomic E-state index is 10.5. The van der Waals surface area contributed by atoms with Gasteiger partial charge in [0.15, 0.2) is 0 Å². The Hall–Kier alpha value is -0.360. The molecule has 0 N–H and O–H groups in total. The first-order valence-electron chi connectivity index (χ1n) is 3.23. The lowest BCUT2D eigenvalue weighted by Gasteiger charge is -2.08. The average molecular weight is 160 g/mol. The van der Waals surface area contributed by atoms with Gasteiger partial charge in [0.05, 0.1) is 6.10 Å². The van der Waals surface area contributed by atoms with E-state index in [4.69, 9.17) is 4.74 Å². The van der Waals surface area contributed by atoms with Gasteiger partial charge in [-0.3, -0.25) is 0 Å². The summed E-state index contributed by atoms with van der Waals surface area (Å²) in [7, 11) is 2.58.